The van der Waals surface area contributed by atoms with Gasteiger partial charge in [-0.1, -0.05) is 41.6 Å². The molecule has 6 heteroatoms. The van der Waals surface area contributed by atoms with E-state index in [9.17, 15) is 4.79 Å². The molecule has 1 aromatic heterocycles. The van der Waals surface area contributed by atoms with Gasteiger partial charge >= 0.3 is 0 Å². The Morgan fingerprint density at radius 1 is 1.04 bits per heavy atom. The predicted molar refractivity (Wildman–Crippen MR) is 95.1 cm³/mol. The van der Waals surface area contributed by atoms with Gasteiger partial charge in [0.2, 0.25) is 5.91 Å². The molecule has 130 valence electrons. The molecule has 2 aromatic carbocycles. The minimum Gasteiger partial charge on any atom is -0.457 e. The Morgan fingerprint density at radius 2 is 1.73 bits per heavy atom. The number of para-hydroxylation sites is 2. The number of hydrogen-bond donors (Lipinski definition) is 0. The topological polar surface area (TPSA) is 60.2 Å². The second-order valence-electron chi connectivity index (χ2n) is 6.72. The Hall–Kier alpha value is -3.15. The Kier molecular flexibility index (Phi) is 3.48. The highest BCUT2D eigenvalue weighted by Gasteiger charge is 2.38. The van der Waals surface area contributed by atoms with Gasteiger partial charge in [-0.15, -0.1) is 5.10 Å². The summed E-state index contributed by atoms with van der Waals surface area (Å²) in [6.45, 7) is 1.38. The van der Waals surface area contributed by atoms with Crippen LogP contribution in [0.1, 0.15) is 29.5 Å². The highest BCUT2D eigenvalue weighted by atomic mass is 16.5. The summed E-state index contributed by atoms with van der Waals surface area (Å²) in [5.41, 5.74) is 1.86. The zero-order valence-corrected chi connectivity index (χ0v) is 14.2. The van der Waals surface area contributed by atoms with Crippen molar-refractivity contribution in [1.29, 1.82) is 0 Å². The number of fused-ring (bicyclic) bond motifs is 2. The monoisotopic (exact) mass is 346 g/mol. The molecule has 1 amide bonds. The summed E-state index contributed by atoms with van der Waals surface area (Å²) < 4.78 is 7.85. The van der Waals surface area contributed by atoms with Gasteiger partial charge in [-0.25, -0.2) is 4.68 Å². The average Bonchev–Trinajstić information content (AvgIpc) is 3.37. The Morgan fingerprint density at radius 3 is 2.38 bits per heavy atom. The van der Waals surface area contributed by atoms with E-state index in [1.807, 2.05) is 64.3 Å². The lowest BCUT2D eigenvalue weighted by molar-refractivity contribution is -0.131. The van der Waals surface area contributed by atoms with Crippen molar-refractivity contribution < 1.29 is 9.53 Å². The summed E-state index contributed by atoms with van der Waals surface area (Å²) in [4.78, 5) is 15.4. The van der Waals surface area contributed by atoms with Gasteiger partial charge in [0.25, 0.3) is 0 Å². The SMILES string of the molecule is O=C(C1c2ccccc2Oc2ccccc21)N1CCC(n2ccnn2)C1. The fourth-order valence-corrected chi connectivity index (χ4v) is 3.93. The normalized spacial score (nSPS) is 18.9. The van der Waals surface area contributed by atoms with Crippen LogP contribution in [0.15, 0.2) is 60.9 Å². The van der Waals surface area contributed by atoms with Gasteiger partial charge in [-0.05, 0) is 18.6 Å². The number of benzene rings is 2. The van der Waals surface area contributed by atoms with E-state index in [0.717, 1.165) is 35.6 Å². The molecule has 1 saturated heterocycles. The van der Waals surface area contributed by atoms with E-state index >= 15 is 0 Å². The molecule has 2 aliphatic rings. The summed E-state index contributed by atoms with van der Waals surface area (Å²) in [6, 6.07) is 15.8. The van der Waals surface area contributed by atoms with Crippen molar-refractivity contribution in [2.45, 2.75) is 18.4 Å². The van der Waals surface area contributed by atoms with Crippen molar-refractivity contribution in [3.63, 3.8) is 0 Å². The molecule has 0 bridgehead atoms. The van der Waals surface area contributed by atoms with E-state index in [-0.39, 0.29) is 17.9 Å². The van der Waals surface area contributed by atoms with E-state index in [2.05, 4.69) is 10.3 Å². The zero-order valence-electron chi connectivity index (χ0n) is 14.2. The quantitative estimate of drug-likeness (QED) is 0.716. The molecule has 0 aliphatic carbocycles. The number of nitrogens with zero attached hydrogens (tertiary/aromatic N) is 4. The van der Waals surface area contributed by atoms with Crippen LogP contribution < -0.4 is 4.74 Å². The number of rotatable bonds is 2. The molecule has 0 saturated carbocycles. The van der Waals surface area contributed by atoms with Crippen LogP contribution in [0.4, 0.5) is 0 Å². The summed E-state index contributed by atoms with van der Waals surface area (Å²) >= 11 is 0. The number of hydrogen-bond acceptors (Lipinski definition) is 4. The first-order chi connectivity index (χ1) is 12.8. The molecule has 1 atom stereocenters. The molecule has 2 aliphatic heterocycles. The van der Waals surface area contributed by atoms with Crippen LogP contribution in [0.2, 0.25) is 0 Å². The number of aromatic nitrogens is 3. The third kappa shape index (κ3) is 2.37. The Balaban J connectivity index is 1.49. The molecule has 3 aromatic rings. The second-order valence-corrected chi connectivity index (χ2v) is 6.72. The Bertz CT molecular complexity index is 908. The van der Waals surface area contributed by atoms with Crippen LogP contribution in [0.5, 0.6) is 11.5 Å². The van der Waals surface area contributed by atoms with Gasteiger partial charge in [-0.2, -0.15) is 0 Å². The highest BCUT2D eigenvalue weighted by molar-refractivity contribution is 5.90. The Labute approximate surface area is 151 Å². The summed E-state index contributed by atoms with van der Waals surface area (Å²) in [5, 5.41) is 7.96. The number of carbonyl (C=O) groups excluding carboxylic acids is 1. The van der Waals surface area contributed by atoms with Crippen LogP contribution >= 0.6 is 0 Å². The van der Waals surface area contributed by atoms with E-state index in [4.69, 9.17) is 4.74 Å². The van der Waals surface area contributed by atoms with Crippen molar-refractivity contribution in [2.75, 3.05) is 13.1 Å². The molecule has 3 heterocycles. The van der Waals surface area contributed by atoms with Gasteiger partial charge in [0.15, 0.2) is 0 Å². The summed E-state index contributed by atoms with van der Waals surface area (Å²) in [7, 11) is 0. The van der Waals surface area contributed by atoms with Crippen LogP contribution in [0, 0.1) is 0 Å². The van der Waals surface area contributed by atoms with Gasteiger partial charge in [-0.3, -0.25) is 4.79 Å². The molecule has 5 rings (SSSR count). The maximum absolute atomic E-state index is 13.5. The molecule has 1 unspecified atom stereocenters. The molecular weight excluding hydrogens is 328 g/mol. The van der Waals surface area contributed by atoms with Gasteiger partial charge in [0.05, 0.1) is 18.2 Å². The lowest BCUT2D eigenvalue weighted by atomic mass is 9.87. The molecule has 6 nitrogen and oxygen atoms in total. The molecule has 0 spiro atoms. The number of carbonyl (C=O) groups is 1. The molecule has 26 heavy (non-hydrogen) atoms. The van der Waals surface area contributed by atoms with E-state index in [1.54, 1.807) is 6.20 Å². The van der Waals surface area contributed by atoms with E-state index in [0.29, 0.717) is 6.54 Å². The molecule has 1 fully saturated rings. The average molecular weight is 346 g/mol. The van der Waals surface area contributed by atoms with Crippen LogP contribution in [0.3, 0.4) is 0 Å². The zero-order chi connectivity index (χ0) is 17.5. The first-order valence-corrected chi connectivity index (χ1v) is 8.81. The fraction of sp³-hybridized carbons (Fsp3) is 0.250. The van der Waals surface area contributed by atoms with Crippen molar-refractivity contribution >= 4 is 5.91 Å². The standard InChI is InChI=1S/C20H18N4O2/c25-20(23-11-9-14(13-23)24-12-10-21-22-24)19-15-5-1-3-7-17(15)26-18-8-4-2-6-16(18)19/h1-8,10,12,14,19H,9,11,13H2. The lowest BCUT2D eigenvalue weighted by Crippen LogP contribution is -2.35. The third-order valence-corrected chi connectivity index (χ3v) is 5.22. The van der Waals surface area contributed by atoms with Gasteiger partial charge in [0, 0.05) is 30.4 Å². The van der Waals surface area contributed by atoms with Gasteiger partial charge < -0.3 is 9.64 Å². The van der Waals surface area contributed by atoms with Crippen molar-refractivity contribution in [3.8, 4) is 11.5 Å². The van der Waals surface area contributed by atoms with Crippen LogP contribution in [-0.4, -0.2) is 38.9 Å². The van der Waals surface area contributed by atoms with E-state index in [1.165, 1.54) is 0 Å². The number of likely N-dealkylation sites (tertiary alicyclic amines) is 1. The van der Waals surface area contributed by atoms with Crippen molar-refractivity contribution in [1.82, 2.24) is 19.9 Å². The maximum atomic E-state index is 13.5. The van der Waals surface area contributed by atoms with Crippen LogP contribution in [0.25, 0.3) is 0 Å². The highest BCUT2D eigenvalue weighted by Crippen LogP contribution is 2.45. The first-order valence-electron chi connectivity index (χ1n) is 8.81. The molecular formula is C20H18N4O2. The van der Waals surface area contributed by atoms with Gasteiger partial charge in [0.1, 0.15) is 11.5 Å². The maximum Gasteiger partial charge on any atom is 0.234 e. The number of amides is 1. The lowest BCUT2D eigenvalue weighted by Gasteiger charge is -2.30. The van der Waals surface area contributed by atoms with Crippen molar-refractivity contribution in [3.05, 3.63) is 72.1 Å². The largest absolute Gasteiger partial charge is 0.457 e. The minimum atomic E-state index is -0.328. The van der Waals surface area contributed by atoms with Crippen molar-refractivity contribution in [2.24, 2.45) is 0 Å². The fourth-order valence-electron chi connectivity index (χ4n) is 3.93. The second kappa shape index (κ2) is 5.98. The summed E-state index contributed by atoms with van der Waals surface area (Å²) in [5.74, 6) is 1.31. The smallest absolute Gasteiger partial charge is 0.234 e. The molecule has 0 N–H and O–H groups in total. The summed E-state index contributed by atoms with van der Waals surface area (Å²) in [6.07, 6.45) is 4.43. The third-order valence-electron chi connectivity index (χ3n) is 5.22. The minimum absolute atomic E-state index is 0.121. The number of ether oxygens (including phenoxy) is 1. The predicted octanol–water partition coefficient (Wildman–Crippen LogP) is 2.99. The molecule has 0 radical (unpaired) electrons. The first kappa shape index (κ1) is 15.1. The van der Waals surface area contributed by atoms with Crippen LogP contribution in [-0.2, 0) is 4.79 Å². The van der Waals surface area contributed by atoms with E-state index < -0.39 is 0 Å².